The second kappa shape index (κ2) is 5.11. The maximum atomic E-state index is 10.5. The van der Waals surface area contributed by atoms with Crippen LogP contribution >= 0.6 is 12.2 Å². The average Bonchev–Trinajstić information content (AvgIpc) is 2.69. The van der Waals surface area contributed by atoms with Crippen molar-refractivity contribution in [3.05, 3.63) is 30.3 Å². The van der Waals surface area contributed by atoms with Gasteiger partial charge < -0.3 is 10.0 Å². The highest BCUT2D eigenvalue weighted by molar-refractivity contribution is 7.80. The summed E-state index contributed by atoms with van der Waals surface area (Å²) in [4.78, 5) is 12.4. The lowest BCUT2D eigenvalue weighted by atomic mass is 10.3. The molecule has 0 saturated carbocycles. The number of hydrogen-bond donors (Lipinski definition) is 2. The van der Waals surface area contributed by atoms with E-state index in [1.54, 1.807) is 5.01 Å². The fourth-order valence-corrected chi connectivity index (χ4v) is 1.95. The molecule has 2 N–H and O–H groups in total. The molecular formula is C11H13N3O2S. The molecule has 0 spiro atoms. The molecule has 0 amide bonds. The summed E-state index contributed by atoms with van der Waals surface area (Å²) < 4.78 is 0. The van der Waals surface area contributed by atoms with Crippen LogP contribution in [0.1, 0.15) is 6.42 Å². The zero-order chi connectivity index (χ0) is 12.3. The number of para-hydroxylation sites is 1. The summed E-state index contributed by atoms with van der Waals surface area (Å²) in [5, 5.41) is 10.9. The highest BCUT2D eigenvalue weighted by Gasteiger charge is 2.25. The number of hydrogen-bond acceptors (Lipinski definition) is 3. The number of aliphatic carboxylic acids is 1. The normalized spacial score (nSPS) is 15.4. The molecule has 1 aliphatic rings. The van der Waals surface area contributed by atoms with Gasteiger partial charge in [0.1, 0.15) is 0 Å². The Morgan fingerprint density at radius 2 is 2.12 bits per heavy atom. The standard InChI is InChI=1S/C11H13N3O2S/c15-10(16)6-7-14-11(17)13(8-12-14)9-4-2-1-3-5-9/h1-5,12H,6-8H2,(H,15,16). The Morgan fingerprint density at radius 1 is 1.41 bits per heavy atom. The number of rotatable bonds is 4. The van der Waals surface area contributed by atoms with Crippen LogP contribution < -0.4 is 10.3 Å². The second-order valence-corrected chi connectivity index (χ2v) is 4.02. The van der Waals surface area contributed by atoms with Crippen molar-refractivity contribution in [1.82, 2.24) is 10.4 Å². The summed E-state index contributed by atoms with van der Waals surface area (Å²) >= 11 is 5.29. The van der Waals surface area contributed by atoms with E-state index in [4.69, 9.17) is 17.3 Å². The first-order valence-electron chi connectivity index (χ1n) is 5.28. The van der Waals surface area contributed by atoms with Gasteiger partial charge in [-0.3, -0.25) is 9.80 Å². The van der Waals surface area contributed by atoms with Crippen LogP contribution in [-0.4, -0.2) is 34.4 Å². The predicted molar refractivity (Wildman–Crippen MR) is 68.5 cm³/mol. The maximum Gasteiger partial charge on any atom is 0.305 e. The Hall–Kier alpha value is -1.66. The minimum Gasteiger partial charge on any atom is -0.481 e. The summed E-state index contributed by atoms with van der Waals surface area (Å²) in [5.74, 6) is -0.826. The molecule has 0 aromatic heterocycles. The van der Waals surface area contributed by atoms with Gasteiger partial charge in [-0.05, 0) is 24.4 Å². The molecule has 0 unspecified atom stereocenters. The molecule has 90 valence electrons. The molecule has 1 saturated heterocycles. The van der Waals surface area contributed by atoms with E-state index in [-0.39, 0.29) is 6.42 Å². The Bertz CT molecular complexity index is 424. The van der Waals surface area contributed by atoms with Crippen LogP contribution in [-0.2, 0) is 4.79 Å². The van der Waals surface area contributed by atoms with Crippen molar-refractivity contribution in [2.24, 2.45) is 0 Å². The Labute approximate surface area is 105 Å². The minimum absolute atomic E-state index is 0.0652. The van der Waals surface area contributed by atoms with Crippen molar-refractivity contribution >= 4 is 29.0 Å². The van der Waals surface area contributed by atoms with Crippen LogP contribution in [0.15, 0.2) is 30.3 Å². The van der Waals surface area contributed by atoms with Gasteiger partial charge in [0, 0.05) is 12.2 Å². The molecule has 1 aliphatic heterocycles. The highest BCUT2D eigenvalue weighted by atomic mass is 32.1. The number of benzene rings is 1. The molecular weight excluding hydrogens is 238 g/mol. The number of carboxylic acid groups (broad SMARTS) is 1. The fraction of sp³-hybridized carbons (Fsp3) is 0.273. The van der Waals surface area contributed by atoms with E-state index in [0.29, 0.717) is 18.3 Å². The molecule has 1 fully saturated rings. The quantitative estimate of drug-likeness (QED) is 0.780. The number of hydrazine groups is 1. The van der Waals surface area contributed by atoms with Gasteiger partial charge in [-0.2, -0.15) is 0 Å². The smallest absolute Gasteiger partial charge is 0.305 e. The zero-order valence-corrected chi connectivity index (χ0v) is 9.98. The number of nitrogens with zero attached hydrogens (tertiary/aromatic N) is 2. The highest BCUT2D eigenvalue weighted by Crippen LogP contribution is 2.17. The monoisotopic (exact) mass is 251 g/mol. The van der Waals surface area contributed by atoms with E-state index >= 15 is 0 Å². The first-order chi connectivity index (χ1) is 8.18. The average molecular weight is 251 g/mol. The van der Waals surface area contributed by atoms with Crippen molar-refractivity contribution in [3.8, 4) is 0 Å². The molecule has 1 aromatic rings. The first-order valence-corrected chi connectivity index (χ1v) is 5.68. The van der Waals surface area contributed by atoms with E-state index in [1.807, 2.05) is 35.2 Å². The van der Waals surface area contributed by atoms with Crippen LogP contribution in [0.4, 0.5) is 5.69 Å². The van der Waals surface area contributed by atoms with Crippen LogP contribution in [0.3, 0.4) is 0 Å². The van der Waals surface area contributed by atoms with Gasteiger partial charge in [-0.1, -0.05) is 18.2 Å². The molecule has 2 rings (SSSR count). The Balaban J connectivity index is 2.00. The van der Waals surface area contributed by atoms with Crippen LogP contribution in [0.25, 0.3) is 0 Å². The van der Waals surface area contributed by atoms with Crippen LogP contribution in [0.2, 0.25) is 0 Å². The molecule has 0 radical (unpaired) electrons. The topological polar surface area (TPSA) is 55.8 Å². The summed E-state index contributed by atoms with van der Waals surface area (Å²) in [6.45, 7) is 0.944. The largest absolute Gasteiger partial charge is 0.481 e. The molecule has 0 atom stereocenters. The van der Waals surface area contributed by atoms with E-state index in [9.17, 15) is 4.79 Å². The molecule has 1 aromatic carbocycles. The molecule has 0 bridgehead atoms. The lowest BCUT2D eigenvalue weighted by Gasteiger charge is -2.19. The van der Waals surface area contributed by atoms with E-state index in [2.05, 4.69) is 5.43 Å². The fourth-order valence-electron chi connectivity index (χ4n) is 1.63. The molecule has 17 heavy (non-hydrogen) atoms. The van der Waals surface area contributed by atoms with Crippen molar-refractivity contribution in [1.29, 1.82) is 0 Å². The van der Waals surface area contributed by atoms with Gasteiger partial charge >= 0.3 is 5.97 Å². The summed E-state index contributed by atoms with van der Waals surface area (Å²) in [5.41, 5.74) is 4.07. The third-order valence-electron chi connectivity index (χ3n) is 2.50. The molecule has 5 nitrogen and oxygen atoms in total. The van der Waals surface area contributed by atoms with E-state index < -0.39 is 5.97 Å². The number of nitrogens with one attached hydrogen (secondary N) is 1. The summed E-state index contributed by atoms with van der Waals surface area (Å²) in [7, 11) is 0. The predicted octanol–water partition coefficient (Wildman–Crippen LogP) is 1.03. The minimum atomic E-state index is -0.826. The van der Waals surface area contributed by atoms with Gasteiger partial charge in [0.25, 0.3) is 0 Å². The summed E-state index contributed by atoms with van der Waals surface area (Å²) in [6, 6.07) is 9.76. The molecule has 1 heterocycles. The number of thiocarbonyl (C=S) groups is 1. The van der Waals surface area contributed by atoms with Crippen molar-refractivity contribution < 1.29 is 9.90 Å². The van der Waals surface area contributed by atoms with E-state index in [0.717, 1.165) is 5.69 Å². The first kappa shape index (κ1) is 11.8. The van der Waals surface area contributed by atoms with Crippen LogP contribution in [0, 0.1) is 0 Å². The number of carbonyl (C=O) groups is 1. The third-order valence-corrected chi connectivity index (χ3v) is 2.94. The SMILES string of the molecule is O=C(O)CCN1NCN(c2ccccc2)C1=S. The lowest BCUT2D eigenvalue weighted by molar-refractivity contribution is -0.137. The molecule has 6 heteroatoms. The second-order valence-electron chi connectivity index (χ2n) is 3.66. The zero-order valence-electron chi connectivity index (χ0n) is 9.17. The van der Waals surface area contributed by atoms with E-state index in [1.165, 1.54) is 0 Å². The Morgan fingerprint density at radius 3 is 2.76 bits per heavy atom. The lowest BCUT2D eigenvalue weighted by Crippen LogP contribution is -2.36. The van der Waals surface area contributed by atoms with Gasteiger partial charge in [0.2, 0.25) is 0 Å². The van der Waals surface area contributed by atoms with Crippen LogP contribution in [0.5, 0.6) is 0 Å². The van der Waals surface area contributed by atoms with Gasteiger partial charge in [0.15, 0.2) is 5.11 Å². The third kappa shape index (κ3) is 2.72. The summed E-state index contributed by atoms with van der Waals surface area (Å²) in [6.07, 6.45) is 0.0652. The van der Waals surface area contributed by atoms with Gasteiger partial charge in [-0.25, -0.2) is 5.43 Å². The molecule has 0 aliphatic carbocycles. The van der Waals surface area contributed by atoms with Crippen molar-refractivity contribution in [2.45, 2.75) is 6.42 Å². The number of carboxylic acids is 1. The number of anilines is 1. The van der Waals surface area contributed by atoms with Gasteiger partial charge in [-0.15, -0.1) is 0 Å². The van der Waals surface area contributed by atoms with Crippen molar-refractivity contribution in [3.63, 3.8) is 0 Å². The van der Waals surface area contributed by atoms with Crippen molar-refractivity contribution in [2.75, 3.05) is 18.1 Å². The van der Waals surface area contributed by atoms with Gasteiger partial charge in [0.05, 0.1) is 13.1 Å². The maximum absolute atomic E-state index is 10.5. The Kier molecular flexibility index (Phi) is 3.55.